The lowest BCUT2D eigenvalue weighted by Gasteiger charge is -2.36. The summed E-state index contributed by atoms with van der Waals surface area (Å²) in [5.74, 6) is -2.91. The van der Waals surface area contributed by atoms with Crippen LogP contribution in [0.25, 0.3) is 11.5 Å². The van der Waals surface area contributed by atoms with E-state index in [1.165, 1.54) is 24.3 Å². The summed E-state index contributed by atoms with van der Waals surface area (Å²) >= 11 is 0. The Morgan fingerprint density at radius 1 is 0.833 bits per heavy atom. The van der Waals surface area contributed by atoms with Gasteiger partial charge in [0.05, 0.1) is 0 Å². The van der Waals surface area contributed by atoms with E-state index >= 15 is 0 Å². The first-order valence-corrected chi connectivity index (χ1v) is 11.5. The summed E-state index contributed by atoms with van der Waals surface area (Å²) in [4.78, 5) is 16.4. The molecule has 0 spiro atoms. The van der Waals surface area contributed by atoms with Crippen molar-refractivity contribution in [2.75, 3.05) is 10.6 Å². The zero-order valence-corrected chi connectivity index (χ0v) is 18.9. The highest BCUT2D eigenvalue weighted by Gasteiger charge is 2.40. The molecule has 1 atom stereocenters. The molecule has 0 radical (unpaired) electrons. The molecule has 2 aromatic heterocycles. The molecule has 0 aliphatic heterocycles. The highest BCUT2D eigenvalue weighted by atomic mass is 19.4. The van der Waals surface area contributed by atoms with Crippen molar-refractivity contribution in [3.8, 4) is 11.5 Å². The van der Waals surface area contributed by atoms with Gasteiger partial charge in [0.2, 0.25) is 17.8 Å². The van der Waals surface area contributed by atoms with Gasteiger partial charge in [0, 0.05) is 24.9 Å². The second kappa shape index (κ2) is 9.21. The van der Waals surface area contributed by atoms with Gasteiger partial charge >= 0.3 is 6.18 Å². The maximum Gasteiger partial charge on any atom is 0.433 e. The molecule has 0 bridgehead atoms. The Bertz CT molecular complexity index is 1230. The van der Waals surface area contributed by atoms with Crippen LogP contribution in [0, 0.1) is 5.82 Å². The zero-order chi connectivity index (χ0) is 25.5. The van der Waals surface area contributed by atoms with Crippen molar-refractivity contribution in [3.63, 3.8) is 0 Å². The van der Waals surface area contributed by atoms with Gasteiger partial charge in [-0.3, -0.25) is 0 Å². The van der Waals surface area contributed by atoms with Gasteiger partial charge in [-0.05, 0) is 55.0 Å². The molecule has 0 amide bonds. The predicted octanol–water partition coefficient (Wildman–Crippen LogP) is 6.05. The van der Waals surface area contributed by atoms with Crippen molar-refractivity contribution in [3.05, 3.63) is 59.5 Å². The van der Waals surface area contributed by atoms with Gasteiger partial charge in [-0.25, -0.2) is 18.2 Å². The minimum Gasteiger partial charge on any atom is -0.351 e. The van der Waals surface area contributed by atoms with Crippen LogP contribution in [0.1, 0.15) is 49.3 Å². The summed E-state index contributed by atoms with van der Waals surface area (Å²) in [5.41, 5.74) is -0.211. The van der Waals surface area contributed by atoms with Crippen molar-refractivity contribution in [2.24, 2.45) is 0 Å². The molecule has 0 saturated heterocycles. The van der Waals surface area contributed by atoms with E-state index in [9.17, 15) is 26.3 Å². The Balaban J connectivity index is 1.37. The van der Waals surface area contributed by atoms with E-state index in [-0.39, 0.29) is 60.5 Å². The highest BCUT2D eigenvalue weighted by Crippen LogP contribution is 2.39. The summed E-state index contributed by atoms with van der Waals surface area (Å²) in [6.07, 6.45) is -3.67. The molecule has 2 N–H and O–H groups in total. The Hall–Kier alpha value is -3.44. The van der Waals surface area contributed by atoms with E-state index in [2.05, 4.69) is 30.6 Å². The molecule has 1 unspecified atom stereocenters. The SMILES string of the molecule is Fc1ccc(C2CC(Nc3nc(NC4CCC(F)(F)C4)nc(-c4cccc(C(F)(F)F)n4)n3)C2)cc1. The molecule has 2 heterocycles. The third-order valence-corrected chi connectivity index (χ3v) is 6.45. The van der Waals surface area contributed by atoms with E-state index in [0.29, 0.717) is 12.8 Å². The van der Waals surface area contributed by atoms with Gasteiger partial charge < -0.3 is 10.6 Å². The number of hydrogen-bond donors (Lipinski definition) is 2. The van der Waals surface area contributed by atoms with E-state index in [1.807, 2.05) is 0 Å². The lowest BCUT2D eigenvalue weighted by Crippen LogP contribution is -2.35. The molecule has 190 valence electrons. The first-order valence-electron chi connectivity index (χ1n) is 11.5. The third-order valence-electron chi connectivity index (χ3n) is 6.45. The average molecular weight is 508 g/mol. The Morgan fingerprint density at radius 3 is 2.11 bits per heavy atom. The summed E-state index contributed by atoms with van der Waals surface area (Å²) in [6.45, 7) is 0. The largest absolute Gasteiger partial charge is 0.433 e. The van der Waals surface area contributed by atoms with Crippen molar-refractivity contribution in [1.82, 2.24) is 19.9 Å². The van der Waals surface area contributed by atoms with E-state index < -0.39 is 23.8 Å². The lowest BCUT2D eigenvalue weighted by molar-refractivity contribution is -0.141. The molecule has 36 heavy (non-hydrogen) atoms. The first kappa shape index (κ1) is 24.3. The summed E-state index contributed by atoms with van der Waals surface area (Å²) in [5, 5.41) is 6.02. The van der Waals surface area contributed by atoms with Crippen molar-refractivity contribution < 1.29 is 26.3 Å². The van der Waals surface area contributed by atoms with Crippen molar-refractivity contribution in [2.45, 2.75) is 62.2 Å². The topological polar surface area (TPSA) is 75.6 Å². The minimum absolute atomic E-state index is 0.0150. The molecule has 3 aromatic rings. The molecule has 2 fully saturated rings. The van der Waals surface area contributed by atoms with Gasteiger partial charge in [0.15, 0.2) is 5.82 Å². The van der Waals surface area contributed by atoms with Crippen LogP contribution in [-0.4, -0.2) is 37.9 Å². The number of nitrogens with one attached hydrogen (secondary N) is 2. The normalized spacial score (nSPS) is 23.2. The number of aromatic nitrogens is 4. The monoisotopic (exact) mass is 508 g/mol. The second-order valence-electron chi connectivity index (χ2n) is 9.21. The Labute approximate surface area is 202 Å². The van der Waals surface area contributed by atoms with Gasteiger partial charge in [0.25, 0.3) is 0 Å². The smallest absolute Gasteiger partial charge is 0.351 e. The Kier molecular flexibility index (Phi) is 6.21. The van der Waals surface area contributed by atoms with E-state index in [4.69, 9.17) is 0 Å². The molecule has 2 aliphatic rings. The van der Waals surface area contributed by atoms with Gasteiger partial charge in [-0.15, -0.1) is 0 Å². The van der Waals surface area contributed by atoms with Crippen molar-refractivity contribution >= 4 is 11.9 Å². The number of pyridine rings is 1. The maximum atomic E-state index is 13.7. The Morgan fingerprint density at radius 2 is 1.50 bits per heavy atom. The number of hydrogen-bond acceptors (Lipinski definition) is 6. The maximum absolute atomic E-state index is 13.7. The standard InChI is InChI=1S/C24H22F6N6/c25-15-6-4-13(5-7-15)14-10-17(11-14)32-22-35-20(18-2-1-3-19(33-18)24(28,29)30)34-21(36-22)31-16-8-9-23(26,27)12-16/h1-7,14,16-17H,8-12H2,(H2,31,32,34,35,36). The predicted molar refractivity (Wildman–Crippen MR) is 120 cm³/mol. The van der Waals surface area contributed by atoms with Gasteiger partial charge in [-0.2, -0.15) is 28.1 Å². The van der Waals surface area contributed by atoms with Crippen LogP contribution < -0.4 is 10.6 Å². The van der Waals surface area contributed by atoms with Crippen LogP contribution in [0.4, 0.5) is 38.2 Å². The summed E-state index contributed by atoms with van der Waals surface area (Å²) in [7, 11) is 0. The van der Waals surface area contributed by atoms with Crippen LogP contribution in [0.15, 0.2) is 42.5 Å². The molecule has 6 nitrogen and oxygen atoms in total. The third kappa shape index (κ3) is 5.52. The number of rotatable bonds is 6. The fraction of sp³-hybridized carbons (Fsp3) is 0.417. The van der Waals surface area contributed by atoms with Crippen LogP contribution in [-0.2, 0) is 6.18 Å². The quantitative estimate of drug-likeness (QED) is 0.395. The van der Waals surface area contributed by atoms with Crippen LogP contribution in [0.3, 0.4) is 0 Å². The van der Waals surface area contributed by atoms with Gasteiger partial charge in [0.1, 0.15) is 17.2 Å². The molecular weight excluding hydrogens is 486 g/mol. The molecular formula is C24H22F6N6. The first-order chi connectivity index (χ1) is 17.0. The summed E-state index contributed by atoms with van der Waals surface area (Å²) in [6, 6.07) is 9.04. The molecule has 12 heteroatoms. The fourth-order valence-electron chi connectivity index (χ4n) is 4.52. The molecule has 5 rings (SSSR count). The number of benzene rings is 1. The zero-order valence-electron chi connectivity index (χ0n) is 18.9. The van der Waals surface area contributed by atoms with Crippen molar-refractivity contribution in [1.29, 1.82) is 0 Å². The lowest BCUT2D eigenvalue weighted by atomic mass is 9.76. The van der Waals surface area contributed by atoms with E-state index in [1.54, 1.807) is 12.1 Å². The van der Waals surface area contributed by atoms with Crippen LogP contribution in [0.2, 0.25) is 0 Å². The fourth-order valence-corrected chi connectivity index (χ4v) is 4.52. The van der Waals surface area contributed by atoms with Gasteiger partial charge in [-0.1, -0.05) is 18.2 Å². The number of anilines is 2. The average Bonchev–Trinajstić information content (AvgIpc) is 3.14. The summed E-state index contributed by atoms with van der Waals surface area (Å²) < 4.78 is 80.0. The molecule has 1 aromatic carbocycles. The number of alkyl halides is 5. The van der Waals surface area contributed by atoms with Crippen LogP contribution in [0.5, 0.6) is 0 Å². The number of halogens is 6. The molecule has 2 saturated carbocycles. The van der Waals surface area contributed by atoms with Crippen LogP contribution >= 0.6 is 0 Å². The minimum atomic E-state index is -4.65. The second-order valence-corrected chi connectivity index (χ2v) is 9.21. The number of nitrogens with zero attached hydrogens (tertiary/aromatic N) is 4. The van der Waals surface area contributed by atoms with E-state index in [0.717, 1.165) is 11.6 Å². The highest BCUT2D eigenvalue weighted by molar-refractivity contribution is 5.54. The molecule has 2 aliphatic carbocycles.